The largest absolute Gasteiger partial charge is 0.466 e. The molecule has 2 aromatic heterocycles. The van der Waals surface area contributed by atoms with Gasteiger partial charge in [-0.15, -0.1) is 11.3 Å². The van der Waals surface area contributed by atoms with E-state index in [9.17, 15) is 13.2 Å². The predicted molar refractivity (Wildman–Crippen MR) is 66.1 cm³/mol. The molecule has 0 radical (unpaired) electrons. The molecule has 0 aromatic carbocycles. The van der Waals surface area contributed by atoms with E-state index in [0.29, 0.717) is 22.0 Å². The Hall–Kier alpha value is -1.34. The van der Waals surface area contributed by atoms with Crippen LogP contribution in [0.15, 0.2) is 10.6 Å². The molecular formula is C12H13F3N2OS. The lowest BCUT2D eigenvalue weighted by Gasteiger charge is -2.09. The van der Waals surface area contributed by atoms with Crippen LogP contribution in [0.2, 0.25) is 0 Å². The molecule has 0 aliphatic heterocycles. The molecule has 19 heavy (non-hydrogen) atoms. The molecule has 0 saturated heterocycles. The first-order valence-corrected chi connectivity index (χ1v) is 6.38. The summed E-state index contributed by atoms with van der Waals surface area (Å²) < 4.78 is 43.0. The molecule has 1 unspecified atom stereocenters. The molecule has 2 aromatic rings. The van der Waals surface area contributed by atoms with Crippen LogP contribution in [0.3, 0.4) is 0 Å². The second-order valence-corrected chi connectivity index (χ2v) is 5.36. The molecule has 0 amide bonds. The number of halogens is 3. The average molecular weight is 290 g/mol. The van der Waals surface area contributed by atoms with Gasteiger partial charge in [-0.1, -0.05) is 0 Å². The molecule has 0 fully saturated rings. The van der Waals surface area contributed by atoms with Gasteiger partial charge in [0.25, 0.3) is 0 Å². The number of alkyl halides is 3. The van der Waals surface area contributed by atoms with E-state index in [1.54, 1.807) is 13.8 Å². The minimum atomic E-state index is -4.43. The Morgan fingerprint density at radius 1 is 1.26 bits per heavy atom. The van der Waals surface area contributed by atoms with Gasteiger partial charge in [-0.25, -0.2) is 4.98 Å². The van der Waals surface area contributed by atoms with Gasteiger partial charge in [-0.3, -0.25) is 0 Å². The Morgan fingerprint density at radius 2 is 1.89 bits per heavy atom. The average Bonchev–Trinajstić information content (AvgIpc) is 2.84. The quantitative estimate of drug-likeness (QED) is 0.917. The maximum Gasteiger partial charge on any atom is 0.443 e. The summed E-state index contributed by atoms with van der Waals surface area (Å²) in [5, 5.41) is -0.881. The third-order valence-electron chi connectivity index (χ3n) is 3.00. The Bertz CT molecular complexity index is 601. The van der Waals surface area contributed by atoms with Crippen LogP contribution in [0.4, 0.5) is 13.2 Å². The van der Waals surface area contributed by atoms with E-state index in [4.69, 9.17) is 10.2 Å². The first-order chi connectivity index (χ1) is 8.71. The molecule has 0 spiro atoms. The second kappa shape index (κ2) is 4.64. The molecule has 0 aliphatic rings. The van der Waals surface area contributed by atoms with Gasteiger partial charge < -0.3 is 10.2 Å². The number of aromatic nitrogens is 1. The Balaban J connectivity index is 2.39. The molecule has 2 rings (SSSR count). The zero-order valence-corrected chi connectivity index (χ0v) is 11.4. The molecule has 2 N–H and O–H groups in total. The van der Waals surface area contributed by atoms with Gasteiger partial charge in [0.15, 0.2) is 5.01 Å². The fourth-order valence-corrected chi connectivity index (χ4v) is 2.77. The van der Waals surface area contributed by atoms with Crippen LogP contribution < -0.4 is 5.73 Å². The van der Waals surface area contributed by atoms with Crippen molar-refractivity contribution in [3.05, 3.63) is 38.7 Å². The highest BCUT2D eigenvalue weighted by Crippen LogP contribution is 2.37. The van der Waals surface area contributed by atoms with E-state index in [2.05, 4.69) is 4.98 Å². The van der Waals surface area contributed by atoms with Crippen molar-refractivity contribution in [2.75, 3.05) is 0 Å². The number of hydrogen-bond donors (Lipinski definition) is 1. The summed E-state index contributed by atoms with van der Waals surface area (Å²) in [5.41, 5.74) is 7.63. The summed E-state index contributed by atoms with van der Waals surface area (Å²) in [6.07, 6.45) is -3.25. The number of rotatable bonds is 2. The standard InChI is InChI=1S/C12H13F3N2OS/c1-5-6(2)18-7(3)9(5)10(16)8-4-17-11(19-8)12(13,14)15/h4,10H,16H2,1-3H3. The molecule has 2 heterocycles. The summed E-state index contributed by atoms with van der Waals surface area (Å²) >= 11 is 0.567. The van der Waals surface area contributed by atoms with Gasteiger partial charge in [0.1, 0.15) is 11.5 Å². The van der Waals surface area contributed by atoms with Gasteiger partial charge in [0.2, 0.25) is 0 Å². The predicted octanol–water partition coefficient (Wildman–Crippen LogP) is 3.73. The van der Waals surface area contributed by atoms with E-state index < -0.39 is 17.2 Å². The minimum absolute atomic E-state index is 0.374. The number of nitrogens with zero attached hydrogens (tertiary/aromatic N) is 1. The summed E-state index contributed by atoms with van der Waals surface area (Å²) in [6, 6.07) is -0.647. The van der Waals surface area contributed by atoms with Gasteiger partial charge in [0.05, 0.1) is 6.04 Å². The van der Waals surface area contributed by atoms with E-state index >= 15 is 0 Å². The van der Waals surface area contributed by atoms with Crippen molar-refractivity contribution in [3.63, 3.8) is 0 Å². The van der Waals surface area contributed by atoms with Crippen molar-refractivity contribution < 1.29 is 17.6 Å². The van der Waals surface area contributed by atoms with Crippen LogP contribution in [0, 0.1) is 20.8 Å². The highest BCUT2D eigenvalue weighted by atomic mass is 32.1. The SMILES string of the molecule is Cc1oc(C)c(C(N)c2cnc(C(F)(F)F)s2)c1C. The summed E-state index contributed by atoms with van der Waals surface area (Å²) in [6.45, 7) is 5.39. The fraction of sp³-hybridized carbons (Fsp3) is 0.417. The zero-order valence-electron chi connectivity index (χ0n) is 10.6. The van der Waals surface area contributed by atoms with E-state index in [-0.39, 0.29) is 0 Å². The van der Waals surface area contributed by atoms with Gasteiger partial charge in [-0.05, 0) is 26.3 Å². The van der Waals surface area contributed by atoms with E-state index in [1.807, 2.05) is 6.92 Å². The van der Waals surface area contributed by atoms with Crippen molar-refractivity contribution in [2.45, 2.75) is 33.0 Å². The maximum absolute atomic E-state index is 12.5. The highest BCUT2D eigenvalue weighted by Gasteiger charge is 2.35. The van der Waals surface area contributed by atoms with Gasteiger partial charge in [-0.2, -0.15) is 13.2 Å². The maximum atomic E-state index is 12.5. The lowest BCUT2D eigenvalue weighted by atomic mass is 10.0. The molecule has 0 saturated carbocycles. The van der Waals surface area contributed by atoms with Gasteiger partial charge in [0, 0.05) is 16.6 Å². The number of nitrogens with two attached hydrogens (primary N) is 1. The van der Waals surface area contributed by atoms with Crippen LogP contribution >= 0.6 is 11.3 Å². The zero-order chi connectivity index (χ0) is 14.4. The third-order valence-corrected chi connectivity index (χ3v) is 4.13. The molecule has 0 bridgehead atoms. The molecule has 104 valence electrons. The lowest BCUT2D eigenvalue weighted by molar-refractivity contribution is -0.137. The van der Waals surface area contributed by atoms with Crippen molar-refractivity contribution in [1.29, 1.82) is 0 Å². The molecule has 7 heteroatoms. The second-order valence-electron chi connectivity index (χ2n) is 4.30. The number of thiazole rings is 1. The van der Waals surface area contributed by atoms with Crippen molar-refractivity contribution in [3.8, 4) is 0 Å². The molecule has 3 nitrogen and oxygen atoms in total. The number of furan rings is 1. The Labute approximate surface area is 112 Å². The number of hydrogen-bond acceptors (Lipinski definition) is 4. The smallest absolute Gasteiger partial charge is 0.443 e. The fourth-order valence-electron chi connectivity index (χ4n) is 1.97. The van der Waals surface area contributed by atoms with Crippen LogP contribution in [-0.4, -0.2) is 4.98 Å². The molecule has 1 atom stereocenters. The highest BCUT2D eigenvalue weighted by molar-refractivity contribution is 7.11. The van der Waals surface area contributed by atoms with Crippen molar-refractivity contribution >= 4 is 11.3 Å². The van der Waals surface area contributed by atoms with E-state index in [1.165, 1.54) is 6.20 Å². The Kier molecular flexibility index (Phi) is 3.44. The molecule has 0 aliphatic carbocycles. The Morgan fingerprint density at radius 3 is 2.32 bits per heavy atom. The summed E-state index contributed by atoms with van der Waals surface area (Å²) in [5.74, 6) is 1.35. The topological polar surface area (TPSA) is 52.0 Å². The van der Waals surface area contributed by atoms with Crippen LogP contribution in [0.1, 0.15) is 38.6 Å². The number of aryl methyl sites for hydroxylation is 2. The minimum Gasteiger partial charge on any atom is -0.466 e. The first-order valence-electron chi connectivity index (χ1n) is 5.56. The van der Waals surface area contributed by atoms with Crippen molar-refractivity contribution in [1.82, 2.24) is 4.98 Å². The van der Waals surface area contributed by atoms with Gasteiger partial charge >= 0.3 is 6.18 Å². The monoisotopic (exact) mass is 290 g/mol. The molecular weight excluding hydrogens is 277 g/mol. The lowest BCUT2D eigenvalue weighted by Crippen LogP contribution is -2.12. The third kappa shape index (κ3) is 2.52. The van der Waals surface area contributed by atoms with Crippen LogP contribution in [-0.2, 0) is 6.18 Å². The summed E-state index contributed by atoms with van der Waals surface area (Å²) in [4.78, 5) is 3.76. The summed E-state index contributed by atoms with van der Waals surface area (Å²) in [7, 11) is 0. The van der Waals surface area contributed by atoms with Crippen LogP contribution in [0.5, 0.6) is 0 Å². The normalized spacial score (nSPS) is 13.8. The van der Waals surface area contributed by atoms with Crippen LogP contribution in [0.25, 0.3) is 0 Å². The van der Waals surface area contributed by atoms with Crippen molar-refractivity contribution in [2.24, 2.45) is 5.73 Å². The van der Waals surface area contributed by atoms with E-state index in [0.717, 1.165) is 16.9 Å². The first kappa shape index (κ1) is 14.1.